The van der Waals surface area contributed by atoms with Gasteiger partial charge in [-0.2, -0.15) is 5.26 Å². The normalized spacial score (nSPS) is 11.1. The lowest BCUT2D eigenvalue weighted by atomic mass is 10.1. The van der Waals surface area contributed by atoms with Gasteiger partial charge in [-0.15, -0.1) is 21.6 Å². The third-order valence-corrected chi connectivity index (χ3v) is 7.52. The molecule has 0 bridgehead atoms. The van der Waals surface area contributed by atoms with E-state index in [2.05, 4.69) is 46.4 Å². The summed E-state index contributed by atoms with van der Waals surface area (Å²) >= 11 is 1.40. The van der Waals surface area contributed by atoms with Gasteiger partial charge in [-0.3, -0.25) is 4.79 Å². The number of nitrogens with one attached hydrogen (secondary N) is 1. The van der Waals surface area contributed by atoms with Gasteiger partial charge in [-0.1, -0.05) is 78.1 Å². The van der Waals surface area contributed by atoms with E-state index < -0.39 is 0 Å². The van der Waals surface area contributed by atoms with Crippen LogP contribution in [0.2, 0.25) is 0 Å². The van der Waals surface area contributed by atoms with Crippen LogP contribution in [0.4, 0.5) is 22.1 Å². The lowest BCUT2D eigenvalue weighted by Crippen LogP contribution is -2.26. The minimum absolute atomic E-state index is 0.142. The average Bonchev–Trinajstić information content (AvgIpc) is 3.24. The molecule has 0 aliphatic rings. The zero-order valence-electron chi connectivity index (χ0n) is 23.3. The van der Waals surface area contributed by atoms with Crippen LogP contribution in [0.1, 0.15) is 109 Å². The van der Waals surface area contributed by atoms with Gasteiger partial charge in [0.2, 0.25) is 5.91 Å². The molecule has 202 valence electrons. The number of rotatable bonds is 18. The van der Waals surface area contributed by atoms with Crippen molar-refractivity contribution in [3.05, 3.63) is 34.7 Å². The quantitative estimate of drug-likeness (QED) is 0.156. The first-order valence-corrected chi connectivity index (χ1v) is 14.9. The van der Waals surface area contributed by atoms with Crippen molar-refractivity contribution in [2.45, 2.75) is 105 Å². The predicted octanol–water partition coefficient (Wildman–Crippen LogP) is 9.83. The summed E-state index contributed by atoms with van der Waals surface area (Å²) in [5.74, 6) is -0.142. The van der Waals surface area contributed by atoms with Crippen molar-refractivity contribution in [1.82, 2.24) is 0 Å². The maximum Gasteiger partial charge on any atom is 0.221 e. The van der Waals surface area contributed by atoms with Gasteiger partial charge in [0.25, 0.3) is 0 Å². The van der Waals surface area contributed by atoms with Crippen molar-refractivity contribution in [2.24, 2.45) is 10.2 Å². The molecular weight excluding hydrogens is 478 g/mol. The molecule has 0 fully saturated rings. The van der Waals surface area contributed by atoms with Gasteiger partial charge in [-0.25, -0.2) is 0 Å². The zero-order valence-corrected chi connectivity index (χ0v) is 24.1. The van der Waals surface area contributed by atoms with Crippen LogP contribution >= 0.6 is 11.3 Å². The Hall–Kier alpha value is -2.72. The molecule has 1 amide bonds. The third kappa shape index (κ3) is 11.1. The van der Waals surface area contributed by atoms with Crippen LogP contribution in [-0.4, -0.2) is 19.0 Å². The van der Waals surface area contributed by atoms with Gasteiger partial charge in [0, 0.05) is 25.7 Å². The summed E-state index contributed by atoms with van der Waals surface area (Å²) in [5.41, 5.74) is 3.80. The van der Waals surface area contributed by atoms with Gasteiger partial charge in [0.05, 0.1) is 11.3 Å². The van der Waals surface area contributed by atoms with E-state index >= 15 is 0 Å². The van der Waals surface area contributed by atoms with E-state index in [1.54, 1.807) is 0 Å². The number of carbonyl (C=O) groups is 1. The molecule has 0 radical (unpaired) electrons. The highest BCUT2D eigenvalue weighted by atomic mass is 32.1. The molecule has 37 heavy (non-hydrogen) atoms. The summed E-state index contributed by atoms with van der Waals surface area (Å²) in [6.45, 7) is 9.94. The van der Waals surface area contributed by atoms with Crippen LogP contribution in [0, 0.1) is 18.3 Å². The van der Waals surface area contributed by atoms with Gasteiger partial charge in [-0.05, 0) is 48.9 Å². The summed E-state index contributed by atoms with van der Waals surface area (Å²) in [6.07, 6.45) is 15.2. The number of carbonyl (C=O) groups excluding carboxylic acids is 1. The number of anilines is 2. The third-order valence-electron chi connectivity index (χ3n) is 6.54. The fourth-order valence-electron chi connectivity index (χ4n) is 4.37. The van der Waals surface area contributed by atoms with Gasteiger partial charge in [0.15, 0.2) is 5.00 Å². The van der Waals surface area contributed by atoms with E-state index in [4.69, 9.17) is 0 Å². The van der Waals surface area contributed by atoms with Crippen molar-refractivity contribution in [2.75, 3.05) is 23.3 Å². The molecule has 1 heterocycles. The SMILES string of the molecule is CCCCCCCCN(CCCCCCCC)c1ccc(N=Nc2scc(C)c2C#N)c(NC(C)=O)c1. The Morgan fingerprint density at radius 1 is 0.946 bits per heavy atom. The minimum atomic E-state index is -0.142. The second kappa shape index (κ2) is 17.7. The first kappa shape index (κ1) is 30.5. The Kier molecular flexibility index (Phi) is 14.6. The Bertz CT molecular complexity index is 1010. The number of hydrogen-bond donors (Lipinski definition) is 1. The summed E-state index contributed by atoms with van der Waals surface area (Å²) in [4.78, 5) is 14.4. The number of hydrogen-bond acceptors (Lipinski definition) is 6. The van der Waals surface area contributed by atoms with Gasteiger partial charge < -0.3 is 10.2 Å². The van der Waals surface area contributed by atoms with E-state index in [-0.39, 0.29) is 5.91 Å². The number of unbranched alkanes of at least 4 members (excludes halogenated alkanes) is 10. The second-order valence-electron chi connectivity index (χ2n) is 9.82. The molecule has 6 nitrogen and oxygen atoms in total. The molecule has 1 aromatic carbocycles. The Labute approximate surface area is 228 Å². The Morgan fingerprint density at radius 2 is 1.54 bits per heavy atom. The molecule has 0 spiro atoms. The molecule has 1 N–H and O–H groups in total. The monoisotopic (exact) mass is 523 g/mol. The molecule has 0 aliphatic heterocycles. The van der Waals surface area contributed by atoms with Crippen LogP contribution in [0.5, 0.6) is 0 Å². The van der Waals surface area contributed by atoms with E-state index in [9.17, 15) is 10.1 Å². The Morgan fingerprint density at radius 3 is 2.11 bits per heavy atom. The number of azo groups is 1. The van der Waals surface area contributed by atoms with Crippen LogP contribution in [-0.2, 0) is 4.79 Å². The number of aryl methyl sites for hydroxylation is 1. The Balaban J connectivity index is 2.18. The fraction of sp³-hybridized carbons (Fsp3) is 0.600. The number of amides is 1. The van der Waals surface area contributed by atoms with Crippen LogP contribution in [0.25, 0.3) is 0 Å². The average molecular weight is 524 g/mol. The van der Waals surface area contributed by atoms with E-state index in [1.807, 2.05) is 24.4 Å². The molecule has 0 saturated heterocycles. The molecule has 0 saturated carbocycles. The standard InChI is InChI=1S/C30H45N5OS/c1-5-7-9-11-13-15-19-35(20-16-14-12-10-8-6-2)26-17-18-28(29(21-26)32-25(4)36)33-34-30-27(22-31)24(3)23-37-30/h17-18,21,23H,5-16,19-20H2,1-4H3,(H,32,36). The summed E-state index contributed by atoms with van der Waals surface area (Å²) in [5, 5.41) is 23.6. The number of nitriles is 1. The van der Waals surface area contributed by atoms with Gasteiger partial charge >= 0.3 is 0 Å². The summed E-state index contributed by atoms with van der Waals surface area (Å²) in [7, 11) is 0. The molecule has 0 unspecified atom stereocenters. The molecule has 0 aliphatic carbocycles. The fourth-order valence-corrected chi connectivity index (χ4v) is 5.19. The molecule has 2 rings (SSSR count). The van der Waals surface area contributed by atoms with Crippen molar-refractivity contribution in [1.29, 1.82) is 5.26 Å². The predicted molar refractivity (Wildman–Crippen MR) is 158 cm³/mol. The van der Waals surface area contributed by atoms with Crippen LogP contribution in [0.15, 0.2) is 33.8 Å². The topological polar surface area (TPSA) is 80.8 Å². The molecular formula is C30H45N5OS. The van der Waals surface area contributed by atoms with E-state index in [1.165, 1.54) is 95.3 Å². The number of benzene rings is 1. The maximum atomic E-state index is 12.0. The van der Waals surface area contributed by atoms with Crippen LogP contribution in [0.3, 0.4) is 0 Å². The van der Waals surface area contributed by atoms with Gasteiger partial charge in [0.1, 0.15) is 11.8 Å². The summed E-state index contributed by atoms with van der Waals surface area (Å²) < 4.78 is 0. The largest absolute Gasteiger partial charge is 0.371 e. The zero-order chi connectivity index (χ0) is 26.9. The van der Waals surface area contributed by atoms with Crippen molar-refractivity contribution in [3.8, 4) is 6.07 Å². The molecule has 7 heteroatoms. The number of nitrogens with zero attached hydrogens (tertiary/aromatic N) is 4. The van der Waals surface area contributed by atoms with E-state index in [0.717, 1.165) is 24.3 Å². The lowest BCUT2D eigenvalue weighted by molar-refractivity contribution is -0.114. The van der Waals surface area contributed by atoms with Crippen molar-refractivity contribution < 1.29 is 4.79 Å². The minimum Gasteiger partial charge on any atom is -0.371 e. The van der Waals surface area contributed by atoms with Crippen LogP contribution < -0.4 is 10.2 Å². The second-order valence-corrected chi connectivity index (χ2v) is 10.7. The molecule has 2 aromatic rings. The molecule has 0 atom stereocenters. The van der Waals surface area contributed by atoms with E-state index in [0.29, 0.717) is 21.9 Å². The number of thiophene rings is 1. The lowest BCUT2D eigenvalue weighted by Gasteiger charge is -2.26. The smallest absolute Gasteiger partial charge is 0.221 e. The highest BCUT2D eigenvalue weighted by Gasteiger charge is 2.13. The maximum absolute atomic E-state index is 12.0. The summed E-state index contributed by atoms with van der Waals surface area (Å²) in [6, 6.07) is 8.23. The van der Waals surface area contributed by atoms with Crippen molar-refractivity contribution >= 4 is 39.3 Å². The first-order chi connectivity index (χ1) is 18.0. The highest BCUT2D eigenvalue weighted by molar-refractivity contribution is 7.14. The highest BCUT2D eigenvalue weighted by Crippen LogP contribution is 2.35. The first-order valence-electron chi connectivity index (χ1n) is 14.1. The molecule has 1 aromatic heterocycles. The van der Waals surface area contributed by atoms with Crippen molar-refractivity contribution in [3.63, 3.8) is 0 Å².